The maximum atomic E-state index is 13.0. The lowest BCUT2D eigenvalue weighted by molar-refractivity contribution is -0.148. The largest absolute Gasteiger partial charge is 0.464 e. The Kier molecular flexibility index (Phi) is 6.30. The molecule has 1 heterocycles. The maximum absolute atomic E-state index is 13.0. The molecule has 1 atom stereocenters. The summed E-state index contributed by atoms with van der Waals surface area (Å²) in [6.45, 7) is 14.2. The molecule has 0 aliphatic rings. The van der Waals surface area contributed by atoms with Crippen molar-refractivity contribution in [2.45, 2.75) is 60.9 Å². The number of hydrogen-bond acceptors (Lipinski definition) is 3. The number of benzene rings is 1. The Balaban J connectivity index is 2.78. The number of rotatable bonds is 5. The quantitative estimate of drug-likeness (QED) is 0.698. The molecule has 0 aliphatic carbocycles. The second-order valence-corrected chi connectivity index (χ2v) is 8.41. The zero-order valence-electron chi connectivity index (χ0n) is 17.6. The van der Waals surface area contributed by atoms with E-state index < -0.39 is 6.04 Å². The van der Waals surface area contributed by atoms with Crippen molar-refractivity contribution in [3.63, 3.8) is 0 Å². The van der Waals surface area contributed by atoms with Gasteiger partial charge in [-0.25, -0.2) is 4.79 Å². The molecule has 27 heavy (non-hydrogen) atoms. The smallest absolute Gasteiger partial charge is 0.329 e. The summed E-state index contributed by atoms with van der Waals surface area (Å²) < 4.78 is 6.98. The number of hydrogen-bond donors (Lipinski definition) is 0. The average molecular weight is 370 g/mol. The predicted octanol–water partition coefficient (Wildman–Crippen LogP) is 4.98. The van der Waals surface area contributed by atoms with E-state index in [4.69, 9.17) is 4.74 Å². The Morgan fingerprint density at radius 2 is 1.70 bits per heavy atom. The van der Waals surface area contributed by atoms with E-state index in [-0.39, 0.29) is 16.9 Å². The van der Waals surface area contributed by atoms with Gasteiger partial charge in [-0.3, -0.25) is 9.36 Å². The first-order valence-electron chi connectivity index (χ1n) is 9.51. The van der Waals surface area contributed by atoms with Crippen LogP contribution in [0.5, 0.6) is 0 Å². The van der Waals surface area contributed by atoms with Gasteiger partial charge in [0.15, 0.2) is 0 Å². The third kappa shape index (κ3) is 4.88. The van der Waals surface area contributed by atoms with Crippen LogP contribution in [0, 0.1) is 26.2 Å². The van der Waals surface area contributed by atoms with E-state index >= 15 is 0 Å². The van der Waals surface area contributed by atoms with E-state index in [1.165, 1.54) is 0 Å². The van der Waals surface area contributed by atoms with Crippen molar-refractivity contribution in [1.82, 2.24) is 4.57 Å². The van der Waals surface area contributed by atoms with Crippen LogP contribution in [0.1, 0.15) is 56.8 Å². The highest BCUT2D eigenvalue weighted by atomic mass is 16.5. The second kappa shape index (κ2) is 8.12. The normalized spacial score (nSPS) is 12.7. The summed E-state index contributed by atoms with van der Waals surface area (Å²) in [5.74, 6) is -0.355. The van der Waals surface area contributed by atoms with Gasteiger partial charge in [0.2, 0.25) is 0 Å². The zero-order valence-corrected chi connectivity index (χ0v) is 17.6. The van der Waals surface area contributed by atoms with Crippen LogP contribution in [-0.2, 0) is 9.53 Å². The highest BCUT2D eigenvalue weighted by Crippen LogP contribution is 2.33. The molecule has 1 unspecified atom stereocenters. The lowest BCUT2D eigenvalue weighted by Crippen LogP contribution is -2.35. The van der Waals surface area contributed by atoms with Gasteiger partial charge in [0.05, 0.1) is 12.3 Å². The molecule has 2 rings (SSSR count). The number of nitrogens with zero attached hydrogens (tertiary/aromatic N) is 1. The van der Waals surface area contributed by atoms with Crippen molar-refractivity contribution in [1.29, 1.82) is 0 Å². The first-order chi connectivity index (χ1) is 12.5. The summed E-state index contributed by atoms with van der Waals surface area (Å²) in [6.07, 6.45) is 0.521. The highest BCUT2D eigenvalue weighted by Gasteiger charge is 2.31. The molecule has 0 spiro atoms. The third-order valence-corrected chi connectivity index (χ3v) is 4.77. The molecule has 0 radical (unpaired) electrons. The Hall–Kier alpha value is -2.36. The average Bonchev–Trinajstić information content (AvgIpc) is 2.56. The second-order valence-electron chi connectivity index (χ2n) is 8.41. The van der Waals surface area contributed by atoms with Crippen LogP contribution in [-0.4, -0.2) is 17.1 Å². The van der Waals surface area contributed by atoms with E-state index in [2.05, 4.69) is 20.8 Å². The van der Waals surface area contributed by atoms with Crippen molar-refractivity contribution in [3.8, 4) is 11.3 Å². The van der Waals surface area contributed by atoms with Gasteiger partial charge in [0.1, 0.15) is 6.04 Å². The number of pyridine rings is 1. The van der Waals surface area contributed by atoms with Gasteiger partial charge in [-0.15, -0.1) is 0 Å². The number of carbonyl (C=O) groups excluding carboxylic acids is 1. The molecule has 0 bridgehead atoms. The molecule has 0 amide bonds. The molecular weight excluding hydrogens is 338 g/mol. The van der Waals surface area contributed by atoms with E-state index in [0.717, 1.165) is 27.9 Å². The van der Waals surface area contributed by atoms with Crippen molar-refractivity contribution in [2.24, 2.45) is 5.41 Å². The molecule has 4 nitrogen and oxygen atoms in total. The first-order valence-corrected chi connectivity index (χ1v) is 9.51. The molecule has 0 saturated heterocycles. The van der Waals surface area contributed by atoms with Gasteiger partial charge in [0, 0.05) is 6.07 Å². The fourth-order valence-corrected chi connectivity index (χ4v) is 3.32. The van der Waals surface area contributed by atoms with Crippen LogP contribution in [0.2, 0.25) is 0 Å². The lowest BCUT2D eigenvalue weighted by atomic mass is 9.87. The standard InChI is InChI=1S/C23H31NO3/c1-8-27-22(26)19(14-23(5,6)7)24-20(25)13-16(3)17(4)21(24)18-11-9-15(2)10-12-18/h9-13,19H,8,14H2,1-7H3. The van der Waals surface area contributed by atoms with E-state index in [1.54, 1.807) is 17.6 Å². The molecule has 0 saturated carbocycles. The number of carbonyl (C=O) groups is 1. The van der Waals surface area contributed by atoms with Crippen LogP contribution >= 0.6 is 0 Å². The summed E-state index contributed by atoms with van der Waals surface area (Å²) in [4.78, 5) is 25.9. The number of esters is 1. The topological polar surface area (TPSA) is 48.3 Å². The summed E-state index contributed by atoms with van der Waals surface area (Å²) in [5.41, 5.74) is 4.49. The molecule has 0 N–H and O–H groups in total. The Morgan fingerprint density at radius 3 is 2.22 bits per heavy atom. The maximum Gasteiger partial charge on any atom is 0.329 e. The monoisotopic (exact) mass is 369 g/mol. The zero-order chi connectivity index (χ0) is 20.4. The summed E-state index contributed by atoms with van der Waals surface area (Å²) in [7, 11) is 0. The SMILES string of the molecule is CCOC(=O)C(CC(C)(C)C)n1c(-c2ccc(C)cc2)c(C)c(C)cc1=O. The molecular formula is C23H31NO3. The van der Waals surface area contributed by atoms with Gasteiger partial charge in [0.25, 0.3) is 5.56 Å². The van der Waals surface area contributed by atoms with Gasteiger partial charge in [-0.2, -0.15) is 0 Å². The van der Waals surface area contributed by atoms with Crippen molar-refractivity contribution >= 4 is 5.97 Å². The minimum atomic E-state index is -0.659. The minimum absolute atomic E-state index is 0.139. The molecule has 0 aliphatic heterocycles. The number of aromatic nitrogens is 1. The Bertz CT molecular complexity index is 870. The van der Waals surface area contributed by atoms with Gasteiger partial charge in [-0.05, 0) is 56.2 Å². The van der Waals surface area contributed by atoms with Gasteiger partial charge in [-0.1, -0.05) is 50.6 Å². The third-order valence-electron chi connectivity index (χ3n) is 4.77. The lowest BCUT2D eigenvalue weighted by Gasteiger charge is -2.29. The molecule has 146 valence electrons. The van der Waals surface area contributed by atoms with Crippen LogP contribution < -0.4 is 5.56 Å². The van der Waals surface area contributed by atoms with Crippen LogP contribution in [0.3, 0.4) is 0 Å². The van der Waals surface area contributed by atoms with Crippen LogP contribution in [0.15, 0.2) is 35.1 Å². The van der Waals surface area contributed by atoms with Crippen molar-refractivity contribution in [3.05, 3.63) is 57.4 Å². The minimum Gasteiger partial charge on any atom is -0.464 e. The number of aryl methyl sites for hydroxylation is 2. The Morgan fingerprint density at radius 1 is 1.11 bits per heavy atom. The number of ether oxygens (including phenoxy) is 1. The Labute approximate surface area is 162 Å². The summed E-state index contributed by atoms with van der Waals surface area (Å²) in [6, 6.07) is 9.01. The van der Waals surface area contributed by atoms with Gasteiger partial charge >= 0.3 is 5.97 Å². The summed E-state index contributed by atoms with van der Waals surface area (Å²) in [5, 5.41) is 0. The van der Waals surface area contributed by atoms with E-state index in [1.807, 2.05) is 45.0 Å². The highest BCUT2D eigenvalue weighted by molar-refractivity contribution is 5.76. The van der Waals surface area contributed by atoms with E-state index in [0.29, 0.717) is 13.0 Å². The van der Waals surface area contributed by atoms with Crippen LogP contribution in [0.4, 0.5) is 0 Å². The molecule has 4 heteroatoms. The fourth-order valence-electron chi connectivity index (χ4n) is 3.32. The first kappa shape index (κ1) is 20.9. The molecule has 2 aromatic rings. The van der Waals surface area contributed by atoms with Crippen molar-refractivity contribution in [2.75, 3.05) is 6.61 Å². The summed E-state index contributed by atoms with van der Waals surface area (Å²) >= 11 is 0. The predicted molar refractivity (Wildman–Crippen MR) is 110 cm³/mol. The van der Waals surface area contributed by atoms with Gasteiger partial charge < -0.3 is 4.74 Å². The van der Waals surface area contributed by atoms with E-state index in [9.17, 15) is 9.59 Å². The van der Waals surface area contributed by atoms with Crippen LogP contribution in [0.25, 0.3) is 11.3 Å². The molecule has 0 fully saturated rings. The molecule has 1 aromatic carbocycles. The van der Waals surface area contributed by atoms with Crippen molar-refractivity contribution < 1.29 is 9.53 Å². The molecule has 1 aromatic heterocycles. The fraction of sp³-hybridized carbons (Fsp3) is 0.478.